The topological polar surface area (TPSA) is 71.3 Å². The van der Waals surface area contributed by atoms with Gasteiger partial charge >= 0.3 is 6.03 Å². The summed E-state index contributed by atoms with van der Waals surface area (Å²) in [4.78, 5) is 19.0. The Morgan fingerprint density at radius 3 is 2.62 bits per heavy atom. The van der Waals surface area contributed by atoms with Crippen LogP contribution in [0.3, 0.4) is 0 Å². The highest BCUT2D eigenvalue weighted by Crippen LogP contribution is 2.31. The maximum Gasteiger partial charge on any atom is 0.321 e. The van der Waals surface area contributed by atoms with Crippen molar-refractivity contribution in [3.05, 3.63) is 64.5 Å². The van der Waals surface area contributed by atoms with Gasteiger partial charge < -0.3 is 14.7 Å². The molecule has 1 aromatic heterocycles. The Morgan fingerprint density at radius 2 is 1.90 bits per heavy atom. The lowest BCUT2D eigenvalue weighted by Crippen LogP contribution is -2.40. The highest BCUT2D eigenvalue weighted by atomic mass is 35.5. The lowest BCUT2D eigenvalue weighted by atomic mass is 9.97. The summed E-state index contributed by atoms with van der Waals surface area (Å²) in [6.45, 7) is 5.38. The van der Waals surface area contributed by atoms with Gasteiger partial charge in [-0.05, 0) is 62.1 Å². The van der Waals surface area contributed by atoms with Crippen molar-refractivity contribution < 1.29 is 9.32 Å². The molecule has 2 heterocycles. The number of aromatic nitrogens is 2. The van der Waals surface area contributed by atoms with Crippen molar-refractivity contribution in [2.24, 2.45) is 0 Å². The van der Waals surface area contributed by atoms with E-state index in [1.165, 1.54) is 5.56 Å². The third kappa shape index (κ3) is 4.27. The van der Waals surface area contributed by atoms with E-state index in [0.717, 1.165) is 29.7 Å². The summed E-state index contributed by atoms with van der Waals surface area (Å²) in [7, 11) is 0. The Hall–Kier alpha value is -2.86. The number of nitrogens with zero attached hydrogens (tertiary/aromatic N) is 3. The number of likely N-dealkylation sites (tertiary alicyclic amines) is 1. The second-order valence-electron chi connectivity index (χ2n) is 7.43. The molecule has 0 saturated carbocycles. The van der Waals surface area contributed by atoms with Crippen molar-refractivity contribution >= 4 is 23.3 Å². The fraction of sp³-hybridized carbons (Fsp3) is 0.318. The number of benzene rings is 2. The van der Waals surface area contributed by atoms with Crippen molar-refractivity contribution in [2.45, 2.75) is 32.6 Å². The molecule has 1 fully saturated rings. The minimum atomic E-state index is -0.0750. The van der Waals surface area contributed by atoms with Gasteiger partial charge in [0.1, 0.15) is 0 Å². The molecule has 0 radical (unpaired) electrons. The van der Waals surface area contributed by atoms with Crippen molar-refractivity contribution in [3.63, 3.8) is 0 Å². The summed E-state index contributed by atoms with van der Waals surface area (Å²) in [5.74, 6) is 1.25. The van der Waals surface area contributed by atoms with Gasteiger partial charge in [0, 0.05) is 30.3 Å². The zero-order valence-electron chi connectivity index (χ0n) is 16.5. The molecule has 1 aliphatic rings. The van der Waals surface area contributed by atoms with Gasteiger partial charge in [0.15, 0.2) is 0 Å². The highest BCUT2D eigenvalue weighted by Gasteiger charge is 2.28. The smallest absolute Gasteiger partial charge is 0.321 e. The maximum atomic E-state index is 12.6. The van der Waals surface area contributed by atoms with Crippen molar-refractivity contribution in [1.29, 1.82) is 0 Å². The second kappa shape index (κ2) is 8.25. The van der Waals surface area contributed by atoms with E-state index >= 15 is 0 Å². The number of urea groups is 1. The zero-order valence-corrected chi connectivity index (χ0v) is 17.2. The molecule has 29 heavy (non-hydrogen) atoms. The number of carbonyl (C=O) groups is 1. The molecule has 7 heteroatoms. The molecule has 1 N–H and O–H groups in total. The molecular formula is C22H23ClN4O2. The van der Waals surface area contributed by atoms with E-state index in [2.05, 4.69) is 22.4 Å². The molecule has 1 aliphatic heterocycles. The van der Waals surface area contributed by atoms with E-state index in [0.29, 0.717) is 29.8 Å². The van der Waals surface area contributed by atoms with Gasteiger partial charge in [0.05, 0.1) is 5.02 Å². The van der Waals surface area contributed by atoms with Crippen LogP contribution >= 0.6 is 11.6 Å². The molecule has 0 atom stereocenters. The summed E-state index contributed by atoms with van der Waals surface area (Å²) in [5, 5.41) is 7.67. The van der Waals surface area contributed by atoms with E-state index in [1.54, 1.807) is 6.07 Å². The number of piperidine rings is 1. The van der Waals surface area contributed by atoms with Crippen molar-refractivity contribution in [2.75, 3.05) is 18.4 Å². The van der Waals surface area contributed by atoms with Crippen molar-refractivity contribution in [3.8, 4) is 11.4 Å². The Morgan fingerprint density at radius 1 is 1.14 bits per heavy atom. The zero-order chi connectivity index (χ0) is 20.4. The Balaban J connectivity index is 1.36. The number of halogens is 1. The van der Waals surface area contributed by atoms with Gasteiger partial charge in [0.25, 0.3) is 0 Å². The average molecular weight is 411 g/mol. The summed E-state index contributed by atoms with van der Waals surface area (Å²) >= 11 is 6.22. The van der Waals surface area contributed by atoms with Crippen LogP contribution < -0.4 is 5.32 Å². The van der Waals surface area contributed by atoms with Crippen LogP contribution in [0.2, 0.25) is 5.02 Å². The molecule has 6 nitrogen and oxygen atoms in total. The monoisotopic (exact) mass is 410 g/mol. The van der Waals surface area contributed by atoms with Gasteiger partial charge in [-0.3, -0.25) is 0 Å². The van der Waals surface area contributed by atoms with Gasteiger partial charge in [0.2, 0.25) is 11.7 Å². The average Bonchev–Trinajstić information content (AvgIpc) is 3.21. The maximum absolute atomic E-state index is 12.6. The van der Waals surface area contributed by atoms with Crippen LogP contribution in [-0.4, -0.2) is 34.2 Å². The Kier molecular flexibility index (Phi) is 5.53. The van der Waals surface area contributed by atoms with E-state index in [9.17, 15) is 4.79 Å². The fourth-order valence-corrected chi connectivity index (χ4v) is 3.72. The van der Waals surface area contributed by atoms with Crippen LogP contribution in [0.25, 0.3) is 11.4 Å². The largest absolute Gasteiger partial charge is 0.339 e. The third-order valence-electron chi connectivity index (χ3n) is 5.45. The van der Waals surface area contributed by atoms with E-state index in [-0.39, 0.29) is 11.9 Å². The van der Waals surface area contributed by atoms with Crippen LogP contribution in [0, 0.1) is 13.8 Å². The summed E-state index contributed by atoms with van der Waals surface area (Å²) < 4.78 is 5.49. The van der Waals surface area contributed by atoms with E-state index < -0.39 is 0 Å². The molecule has 0 unspecified atom stereocenters. The SMILES string of the molecule is Cc1ccc(NC(=O)N2CCC(c3nc(-c4ccccc4Cl)no3)CC2)cc1C. The van der Waals surface area contributed by atoms with E-state index in [1.807, 2.05) is 48.2 Å². The third-order valence-corrected chi connectivity index (χ3v) is 5.78. The molecule has 2 amide bonds. The quantitative estimate of drug-likeness (QED) is 0.625. The van der Waals surface area contributed by atoms with Crippen LogP contribution in [0.5, 0.6) is 0 Å². The first-order valence-electron chi connectivity index (χ1n) is 9.73. The number of aryl methyl sites for hydroxylation is 2. The Bertz CT molecular complexity index is 1030. The molecule has 150 valence electrons. The lowest BCUT2D eigenvalue weighted by molar-refractivity contribution is 0.187. The molecule has 3 aromatic rings. The number of rotatable bonds is 3. The summed E-state index contributed by atoms with van der Waals surface area (Å²) in [5.41, 5.74) is 3.95. The van der Waals surface area contributed by atoms with Crippen molar-refractivity contribution in [1.82, 2.24) is 15.0 Å². The van der Waals surface area contributed by atoms with Gasteiger partial charge in [-0.25, -0.2) is 4.79 Å². The standard InChI is InChI=1S/C22H23ClN4O2/c1-14-7-8-17(13-15(14)2)24-22(28)27-11-9-16(10-12-27)21-25-20(26-29-21)18-5-3-4-6-19(18)23/h3-8,13,16H,9-12H2,1-2H3,(H,24,28). The molecule has 0 bridgehead atoms. The lowest BCUT2D eigenvalue weighted by Gasteiger charge is -2.30. The number of carbonyl (C=O) groups excluding carboxylic acids is 1. The van der Waals surface area contributed by atoms with Crippen LogP contribution in [0.4, 0.5) is 10.5 Å². The van der Waals surface area contributed by atoms with Crippen LogP contribution in [0.1, 0.15) is 35.8 Å². The first-order chi connectivity index (χ1) is 14.0. The number of hydrogen-bond donors (Lipinski definition) is 1. The predicted octanol–water partition coefficient (Wildman–Crippen LogP) is 5.42. The highest BCUT2D eigenvalue weighted by molar-refractivity contribution is 6.33. The molecule has 4 rings (SSSR count). The second-order valence-corrected chi connectivity index (χ2v) is 7.83. The number of amides is 2. The molecule has 0 spiro atoms. The minimum absolute atomic E-state index is 0.0750. The van der Waals surface area contributed by atoms with Gasteiger partial charge in [-0.15, -0.1) is 0 Å². The normalized spacial score (nSPS) is 14.8. The number of hydrogen-bond acceptors (Lipinski definition) is 4. The molecule has 2 aromatic carbocycles. The summed E-state index contributed by atoms with van der Waals surface area (Å²) in [6.07, 6.45) is 1.56. The number of nitrogens with one attached hydrogen (secondary N) is 1. The Labute approximate surface area is 174 Å². The van der Waals surface area contributed by atoms with Crippen LogP contribution in [0.15, 0.2) is 47.0 Å². The summed E-state index contributed by atoms with van der Waals surface area (Å²) in [6, 6.07) is 13.3. The van der Waals surface area contributed by atoms with E-state index in [4.69, 9.17) is 16.1 Å². The van der Waals surface area contributed by atoms with Gasteiger partial charge in [-0.2, -0.15) is 4.98 Å². The predicted molar refractivity (Wildman–Crippen MR) is 113 cm³/mol. The number of anilines is 1. The minimum Gasteiger partial charge on any atom is -0.339 e. The van der Waals surface area contributed by atoms with Crippen LogP contribution in [-0.2, 0) is 0 Å². The van der Waals surface area contributed by atoms with Gasteiger partial charge in [-0.1, -0.05) is 35.0 Å². The first-order valence-corrected chi connectivity index (χ1v) is 10.1. The first kappa shape index (κ1) is 19.5. The molecular weight excluding hydrogens is 388 g/mol. The fourth-order valence-electron chi connectivity index (χ4n) is 3.50. The molecule has 0 aliphatic carbocycles. The molecule has 1 saturated heterocycles.